The van der Waals surface area contributed by atoms with Gasteiger partial charge in [0.25, 0.3) is 5.89 Å². The summed E-state index contributed by atoms with van der Waals surface area (Å²) in [6.07, 6.45) is 1.93. The standard InChI is InChI=1S/C19H26F2N4O4S/c1-19(20,21)17-22-16(23-29-17)15-7-6-14(30-15)12-25(13-4-5-13)18(26)24(8-10-27-2)9-11-28-3/h6-7,13H,4-5,8-12H2,1-3H3. The number of alkyl halides is 2. The minimum Gasteiger partial charge on any atom is -0.383 e. The van der Waals surface area contributed by atoms with Gasteiger partial charge in [-0.25, -0.2) is 4.79 Å². The molecule has 166 valence electrons. The van der Waals surface area contributed by atoms with Gasteiger partial charge in [0, 0.05) is 45.2 Å². The number of amides is 2. The molecule has 0 unspecified atom stereocenters. The number of hydrogen-bond acceptors (Lipinski definition) is 7. The molecule has 2 heterocycles. The van der Waals surface area contributed by atoms with E-state index in [-0.39, 0.29) is 17.9 Å². The molecule has 0 radical (unpaired) electrons. The normalized spacial score (nSPS) is 14.2. The monoisotopic (exact) mass is 444 g/mol. The summed E-state index contributed by atoms with van der Waals surface area (Å²) in [6, 6.07) is 3.75. The number of rotatable bonds is 11. The lowest BCUT2D eigenvalue weighted by molar-refractivity contribution is -0.0158. The van der Waals surface area contributed by atoms with Gasteiger partial charge in [-0.3, -0.25) is 0 Å². The van der Waals surface area contributed by atoms with Crippen molar-refractivity contribution in [3.8, 4) is 10.7 Å². The summed E-state index contributed by atoms with van der Waals surface area (Å²) >= 11 is 1.36. The van der Waals surface area contributed by atoms with Crippen molar-refractivity contribution >= 4 is 17.4 Å². The molecule has 3 rings (SSSR count). The topological polar surface area (TPSA) is 80.9 Å². The lowest BCUT2D eigenvalue weighted by Crippen LogP contribution is -2.46. The molecule has 2 aromatic rings. The van der Waals surface area contributed by atoms with Gasteiger partial charge in [-0.1, -0.05) is 5.16 Å². The predicted molar refractivity (Wildman–Crippen MR) is 106 cm³/mol. The molecule has 0 aromatic carbocycles. The molecule has 0 saturated heterocycles. The summed E-state index contributed by atoms with van der Waals surface area (Å²) in [5.74, 6) is -3.78. The highest BCUT2D eigenvalue weighted by atomic mass is 32.1. The van der Waals surface area contributed by atoms with Crippen molar-refractivity contribution in [2.45, 2.75) is 38.3 Å². The van der Waals surface area contributed by atoms with Crippen molar-refractivity contribution in [1.29, 1.82) is 0 Å². The van der Waals surface area contributed by atoms with Crippen LogP contribution in [0.25, 0.3) is 10.7 Å². The van der Waals surface area contributed by atoms with Crippen molar-refractivity contribution in [3.05, 3.63) is 22.9 Å². The number of thiophene rings is 1. The molecular formula is C19H26F2N4O4S. The molecule has 2 amide bonds. The van der Waals surface area contributed by atoms with E-state index >= 15 is 0 Å². The predicted octanol–water partition coefficient (Wildman–Crippen LogP) is 3.59. The Balaban J connectivity index is 1.71. The Kier molecular flexibility index (Phi) is 7.37. The van der Waals surface area contributed by atoms with E-state index in [2.05, 4.69) is 14.7 Å². The number of urea groups is 1. The molecular weight excluding hydrogens is 418 g/mol. The summed E-state index contributed by atoms with van der Waals surface area (Å²) in [5.41, 5.74) is 0. The maximum atomic E-state index is 13.3. The van der Waals surface area contributed by atoms with E-state index in [4.69, 9.17) is 9.47 Å². The van der Waals surface area contributed by atoms with Gasteiger partial charge < -0.3 is 23.8 Å². The van der Waals surface area contributed by atoms with Gasteiger partial charge in [0.1, 0.15) is 0 Å². The smallest absolute Gasteiger partial charge is 0.322 e. The lowest BCUT2D eigenvalue weighted by atomic mass is 10.3. The number of carbonyl (C=O) groups excluding carboxylic acids is 1. The van der Waals surface area contributed by atoms with Crippen LogP contribution in [0.15, 0.2) is 16.7 Å². The fourth-order valence-corrected chi connectivity index (χ4v) is 3.81. The van der Waals surface area contributed by atoms with Gasteiger partial charge in [0.15, 0.2) is 0 Å². The van der Waals surface area contributed by atoms with E-state index in [0.717, 1.165) is 17.7 Å². The Morgan fingerprint density at radius 1 is 1.27 bits per heavy atom. The fraction of sp³-hybridized carbons (Fsp3) is 0.632. The molecule has 0 aliphatic heterocycles. The van der Waals surface area contributed by atoms with Crippen LogP contribution in [0.5, 0.6) is 0 Å². The molecule has 0 N–H and O–H groups in total. The first-order chi connectivity index (χ1) is 14.3. The van der Waals surface area contributed by atoms with Crippen molar-refractivity contribution in [3.63, 3.8) is 0 Å². The van der Waals surface area contributed by atoms with E-state index in [9.17, 15) is 13.6 Å². The Hall–Kier alpha value is -2.11. The number of ether oxygens (including phenoxy) is 2. The number of halogens is 2. The Labute approximate surface area is 177 Å². The second-order valence-corrected chi connectivity index (χ2v) is 8.36. The summed E-state index contributed by atoms with van der Waals surface area (Å²) in [7, 11) is 3.20. The first-order valence-corrected chi connectivity index (χ1v) is 10.5. The van der Waals surface area contributed by atoms with Gasteiger partial charge in [-0.2, -0.15) is 13.8 Å². The number of carbonyl (C=O) groups is 1. The van der Waals surface area contributed by atoms with Crippen molar-refractivity contribution in [2.75, 3.05) is 40.5 Å². The minimum atomic E-state index is -3.19. The Bertz CT molecular complexity index is 827. The molecule has 1 saturated carbocycles. The minimum absolute atomic E-state index is 0.0611. The van der Waals surface area contributed by atoms with Crippen LogP contribution in [0.2, 0.25) is 0 Å². The molecule has 8 nitrogen and oxygen atoms in total. The zero-order valence-corrected chi connectivity index (χ0v) is 18.1. The average Bonchev–Trinajstić information content (AvgIpc) is 3.22. The van der Waals surface area contributed by atoms with Crippen LogP contribution in [0, 0.1) is 0 Å². The van der Waals surface area contributed by atoms with Crippen LogP contribution in [0.4, 0.5) is 13.6 Å². The van der Waals surface area contributed by atoms with Gasteiger partial charge in [0.2, 0.25) is 5.82 Å². The van der Waals surface area contributed by atoms with Crippen LogP contribution in [-0.4, -0.2) is 72.5 Å². The third-order valence-corrected chi connectivity index (χ3v) is 5.71. The molecule has 0 atom stereocenters. The maximum absolute atomic E-state index is 13.3. The molecule has 30 heavy (non-hydrogen) atoms. The van der Waals surface area contributed by atoms with Crippen molar-refractivity contribution in [1.82, 2.24) is 19.9 Å². The van der Waals surface area contributed by atoms with Gasteiger partial charge >= 0.3 is 12.0 Å². The fourth-order valence-electron chi connectivity index (χ4n) is 2.88. The largest absolute Gasteiger partial charge is 0.383 e. The summed E-state index contributed by atoms with van der Waals surface area (Å²) in [6.45, 7) is 2.99. The summed E-state index contributed by atoms with van der Waals surface area (Å²) in [5, 5.41) is 3.65. The molecule has 11 heteroatoms. The quantitative estimate of drug-likeness (QED) is 0.527. The van der Waals surface area contributed by atoms with Crippen LogP contribution in [-0.2, 0) is 21.9 Å². The van der Waals surface area contributed by atoms with Gasteiger partial charge in [-0.15, -0.1) is 11.3 Å². The molecule has 2 aromatic heterocycles. The highest BCUT2D eigenvalue weighted by Gasteiger charge is 2.35. The molecule has 1 aliphatic rings. The van der Waals surface area contributed by atoms with Gasteiger partial charge in [0.05, 0.1) is 24.6 Å². The number of aromatic nitrogens is 2. The number of hydrogen-bond donors (Lipinski definition) is 0. The first kappa shape index (κ1) is 22.6. The van der Waals surface area contributed by atoms with E-state index in [1.54, 1.807) is 25.2 Å². The van der Waals surface area contributed by atoms with Crippen LogP contribution in [0.3, 0.4) is 0 Å². The third kappa shape index (κ3) is 5.73. The zero-order chi connectivity index (χ0) is 21.7. The third-order valence-electron chi connectivity index (χ3n) is 4.64. The van der Waals surface area contributed by atoms with E-state index in [1.165, 1.54) is 11.3 Å². The molecule has 0 bridgehead atoms. The highest BCUT2D eigenvalue weighted by molar-refractivity contribution is 7.15. The van der Waals surface area contributed by atoms with E-state index < -0.39 is 11.8 Å². The maximum Gasteiger partial charge on any atom is 0.322 e. The Morgan fingerprint density at radius 3 is 2.47 bits per heavy atom. The molecule has 1 aliphatic carbocycles. The lowest BCUT2D eigenvalue weighted by Gasteiger charge is -2.30. The highest BCUT2D eigenvalue weighted by Crippen LogP contribution is 2.34. The van der Waals surface area contributed by atoms with Crippen LogP contribution in [0.1, 0.15) is 30.5 Å². The SMILES string of the molecule is COCCN(CCOC)C(=O)N(Cc1ccc(-c2noc(C(C)(F)F)n2)s1)C1CC1. The van der Waals surface area contributed by atoms with E-state index in [0.29, 0.717) is 44.6 Å². The number of nitrogens with zero attached hydrogens (tertiary/aromatic N) is 4. The van der Waals surface area contributed by atoms with E-state index in [1.807, 2.05) is 11.0 Å². The zero-order valence-electron chi connectivity index (χ0n) is 17.3. The Morgan fingerprint density at radius 2 is 1.93 bits per heavy atom. The summed E-state index contributed by atoms with van der Waals surface area (Å²) in [4.78, 5) is 22.1. The summed E-state index contributed by atoms with van der Waals surface area (Å²) < 4.78 is 41.6. The molecule has 1 fully saturated rings. The average molecular weight is 445 g/mol. The second-order valence-electron chi connectivity index (χ2n) is 7.19. The van der Waals surface area contributed by atoms with Gasteiger partial charge in [-0.05, 0) is 25.0 Å². The molecule has 0 spiro atoms. The second kappa shape index (κ2) is 9.80. The first-order valence-electron chi connectivity index (χ1n) is 9.68. The van der Waals surface area contributed by atoms with Crippen LogP contribution < -0.4 is 0 Å². The number of methoxy groups -OCH3 is 2. The van der Waals surface area contributed by atoms with Crippen molar-refractivity contribution < 1.29 is 27.6 Å². The van der Waals surface area contributed by atoms with Crippen molar-refractivity contribution in [2.24, 2.45) is 0 Å². The van der Waals surface area contributed by atoms with Crippen LogP contribution >= 0.6 is 11.3 Å².